The van der Waals surface area contributed by atoms with Crippen LogP contribution in [0.2, 0.25) is 0 Å². The highest BCUT2D eigenvalue weighted by Gasteiger charge is 2.23. The average Bonchev–Trinajstić information content (AvgIpc) is 2.71. The van der Waals surface area contributed by atoms with Gasteiger partial charge < -0.3 is 4.98 Å². The highest BCUT2D eigenvalue weighted by molar-refractivity contribution is 9.10. The van der Waals surface area contributed by atoms with E-state index in [1.807, 2.05) is 6.20 Å². The molecule has 0 amide bonds. The first-order valence-corrected chi connectivity index (χ1v) is 7.17. The average molecular weight is 301 g/mol. The maximum absolute atomic E-state index is 4.53. The molecule has 0 aliphatic heterocycles. The van der Waals surface area contributed by atoms with Crippen LogP contribution in [0.5, 0.6) is 0 Å². The van der Waals surface area contributed by atoms with Crippen LogP contribution in [0.15, 0.2) is 35.1 Å². The zero-order valence-corrected chi connectivity index (χ0v) is 11.5. The van der Waals surface area contributed by atoms with Crippen LogP contribution in [0.1, 0.15) is 30.7 Å². The van der Waals surface area contributed by atoms with Gasteiger partial charge in [0.2, 0.25) is 0 Å². The van der Waals surface area contributed by atoms with Gasteiger partial charge in [-0.15, -0.1) is 0 Å². The Balaban J connectivity index is 2.11. The molecular formula is C15H13BrN2. The zero-order valence-electron chi connectivity index (χ0n) is 9.91. The molecule has 2 nitrogen and oxygen atoms in total. The summed E-state index contributed by atoms with van der Waals surface area (Å²) in [5.41, 5.74) is 2.47. The van der Waals surface area contributed by atoms with E-state index < -0.39 is 0 Å². The number of hydrogen-bond acceptors (Lipinski definition) is 1. The fourth-order valence-electron chi connectivity index (χ4n) is 2.84. The van der Waals surface area contributed by atoms with Crippen molar-refractivity contribution in [1.82, 2.24) is 9.97 Å². The Morgan fingerprint density at radius 1 is 1.28 bits per heavy atom. The maximum atomic E-state index is 4.53. The molecule has 0 radical (unpaired) electrons. The lowest BCUT2D eigenvalue weighted by atomic mass is 9.80. The number of fused-ring (bicyclic) bond motifs is 3. The van der Waals surface area contributed by atoms with Gasteiger partial charge >= 0.3 is 0 Å². The molecule has 1 aliphatic carbocycles. The normalized spacial score (nSPS) is 16.3. The molecule has 2 heterocycles. The van der Waals surface area contributed by atoms with Crippen LogP contribution < -0.4 is 0 Å². The Bertz CT molecular complexity index is 741. The van der Waals surface area contributed by atoms with E-state index in [0.717, 1.165) is 16.0 Å². The molecule has 2 aromatic heterocycles. The lowest BCUT2D eigenvalue weighted by Gasteiger charge is -2.25. The Hall–Kier alpha value is -1.35. The number of halogens is 1. The molecule has 1 saturated carbocycles. The Kier molecular flexibility index (Phi) is 2.24. The lowest BCUT2D eigenvalue weighted by Crippen LogP contribution is -2.07. The molecule has 0 saturated heterocycles. The SMILES string of the molecule is Brc1ccc2cnc3[nH]cc(C4CCC4)c3c2c1. The lowest BCUT2D eigenvalue weighted by molar-refractivity contribution is 0.422. The van der Waals surface area contributed by atoms with Gasteiger partial charge in [-0.05, 0) is 41.8 Å². The van der Waals surface area contributed by atoms with Crippen molar-refractivity contribution in [3.63, 3.8) is 0 Å². The minimum atomic E-state index is 0.727. The summed E-state index contributed by atoms with van der Waals surface area (Å²) in [6.07, 6.45) is 8.10. The van der Waals surface area contributed by atoms with Crippen molar-refractivity contribution in [2.24, 2.45) is 0 Å². The smallest absolute Gasteiger partial charge is 0.138 e. The molecule has 0 atom stereocenters. The van der Waals surface area contributed by atoms with E-state index in [1.165, 1.54) is 41.0 Å². The Morgan fingerprint density at radius 2 is 2.17 bits per heavy atom. The third kappa shape index (κ3) is 1.43. The molecule has 18 heavy (non-hydrogen) atoms. The van der Waals surface area contributed by atoms with Gasteiger partial charge in [0.05, 0.1) is 0 Å². The first-order valence-electron chi connectivity index (χ1n) is 6.38. The predicted molar refractivity (Wildman–Crippen MR) is 77.9 cm³/mol. The molecule has 4 rings (SSSR count). The number of nitrogens with zero attached hydrogens (tertiary/aromatic N) is 1. The molecule has 3 heteroatoms. The zero-order chi connectivity index (χ0) is 12.1. The van der Waals surface area contributed by atoms with Crippen LogP contribution >= 0.6 is 15.9 Å². The van der Waals surface area contributed by atoms with E-state index in [9.17, 15) is 0 Å². The largest absolute Gasteiger partial charge is 0.346 e. The van der Waals surface area contributed by atoms with E-state index in [1.54, 1.807) is 0 Å². The second kappa shape index (κ2) is 3.82. The monoisotopic (exact) mass is 300 g/mol. The topological polar surface area (TPSA) is 28.7 Å². The Labute approximate surface area is 114 Å². The number of H-pyrrole nitrogens is 1. The molecule has 0 bridgehead atoms. The molecule has 0 unspecified atom stereocenters. The van der Waals surface area contributed by atoms with Gasteiger partial charge in [0, 0.05) is 27.6 Å². The molecular weight excluding hydrogens is 288 g/mol. The van der Waals surface area contributed by atoms with E-state index in [2.05, 4.69) is 50.3 Å². The van der Waals surface area contributed by atoms with E-state index in [0.29, 0.717) is 0 Å². The van der Waals surface area contributed by atoms with Crippen LogP contribution in [0.3, 0.4) is 0 Å². The summed E-state index contributed by atoms with van der Waals surface area (Å²) in [5, 5.41) is 3.84. The van der Waals surface area contributed by atoms with E-state index in [-0.39, 0.29) is 0 Å². The van der Waals surface area contributed by atoms with Gasteiger partial charge in [-0.2, -0.15) is 0 Å². The molecule has 1 aliphatic rings. The van der Waals surface area contributed by atoms with Gasteiger partial charge in [-0.25, -0.2) is 4.98 Å². The maximum Gasteiger partial charge on any atom is 0.138 e. The molecule has 0 spiro atoms. The first-order chi connectivity index (χ1) is 8.83. The number of aromatic nitrogens is 2. The van der Waals surface area contributed by atoms with Gasteiger partial charge in [0.15, 0.2) is 0 Å². The van der Waals surface area contributed by atoms with Crippen molar-refractivity contribution < 1.29 is 0 Å². The molecule has 1 fully saturated rings. The van der Waals surface area contributed by atoms with Crippen LogP contribution in [0, 0.1) is 0 Å². The van der Waals surface area contributed by atoms with Crippen molar-refractivity contribution in [2.45, 2.75) is 25.2 Å². The summed E-state index contributed by atoms with van der Waals surface area (Å²) in [6.45, 7) is 0. The minimum Gasteiger partial charge on any atom is -0.346 e. The van der Waals surface area contributed by atoms with Crippen molar-refractivity contribution in [3.8, 4) is 0 Å². The summed E-state index contributed by atoms with van der Waals surface area (Å²) in [5.74, 6) is 0.727. The van der Waals surface area contributed by atoms with Gasteiger partial charge in [0.1, 0.15) is 5.65 Å². The quantitative estimate of drug-likeness (QED) is 0.690. The molecule has 3 aromatic rings. The van der Waals surface area contributed by atoms with Crippen LogP contribution in [-0.4, -0.2) is 9.97 Å². The first kappa shape index (κ1) is 10.6. The standard InChI is InChI=1S/C15H13BrN2/c16-11-5-4-10-7-17-15-14(12(10)6-11)13(8-18-15)9-2-1-3-9/h4-9H,1-3H2,(H,17,18). The highest BCUT2D eigenvalue weighted by atomic mass is 79.9. The number of hydrogen-bond donors (Lipinski definition) is 1. The molecule has 90 valence electrons. The van der Waals surface area contributed by atoms with E-state index >= 15 is 0 Å². The predicted octanol–water partition coefficient (Wildman–Crippen LogP) is 4.75. The third-order valence-electron chi connectivity index (χ3n) is 4.05. The van der Waals surface area contributed by atoms with Crippen LogP contribution in [-0.2, 0) is 0 Å². The fourth-order valence-corrected chi connectivity index (χ4v) is 3.21. The fraction of sp³-hybridized carbons (Fsp3) is 0.267. The summed E-state index contributed by atoms with van der Waals surface area (Å²) in [4.78, 5) is 7.85. The number of rotatable bonds is 1. The number of nitrogens with one attached hydrogen (secondary N) is 1. The number of pyridine rings is 1. The number of aromatic amines is 1. The van der Waals surface area contributed by atoms with Gasteiger partial charge in [0.25, 0.3) is 0 Å². The van der Waals surface area contributed by atoms with Gasteiger partial charge in [-0.1, -0.05) is 28.4 Å². The van der Waals surface area contributed by atoms with Crippen LogP contribution in [0.4, 0.5) is 0 Å². The minimum absolute atomic E-state index is 0.727. The summed E-state index contributed by atoms with van der Waals surface area (Å²) < 4.78 is 1.13. The Morgan fingerprint density at radius 3 is 2.94 bits per heavy atom. The van der Waals surface area contributed by atoms with Crippen LogP contribution in [0.25, 0.3) is 21.8 Å². The summed E-state index contributed by atoms with van der Waals surface area (Å²) in [7, 11) is 0. The molecule has 1 N–H and O–H groups in total. The molecule has 1 aromatic carbocycles. The number of benzene rings is 1. The summed E-state index contributed by atoms with van der Waals surface area (Å²) >= 11 is 3.57. The van der Waals surface area contributed by atoms with Crippen molar-refractivity contribution in [3.05, 3.63) is 40.6 Å². The van der Waals surface area contributed by atoms with Gasteiger partial charge in [-0.3, -0.25) is 0 Å². The van der Waals surface area contributed by atoms with E-state index in [4.69, 9.17) is 0 Å². The van der Waals surface area contributed by atoms with Crippen molar-refractivity contribution in [2.75, 3.05) is 0 Å². The summed E-state index contributed by atoms with van der Waals surface area (Å²) in [6, 6.07) is 6.41. The van der Waals surface area contributed by atoms with Crippen molar-refractivity contribution in [1.29, 1.82) is 0 Å². The second-order valence-corrected chi connectivity index (χ2v) is 6.00. The third-order valence-corrected chi connectivity index (χ3v) is 4.55. The van der Waals surface area contributed by atoms with Crippen molar-refractivity contribution >= 4 is 37.7 Å². The highest BCUT2D eigenvalue weighted by Crippen LogP contribution is 2.41. The second-order valence-electron chi connectivity index (χ2n) is 5.09.